The number of nitrogens with two attached hydrogens (primary N) is 1. The summed E-state index contributed by atoms with van der Waals surface area (Å²) in [6.45, 7) is 2.16. The number of hydrogen-bond acceptors (Lipinski definition) is 7. The fourth-order valence-corrected chi connectivity index (χ4v) is 5.76. The van der Waals surface area contributed by atoms with E-state index in [2.05, 4.69) is 15.6 Å². The summed E-state index contributed by atoms with van der Waals surface area (Å²) in [5, 5.41) is 5.71. The summed E-state index contributed by atoms with van der Waals surface area (Å²) in [4.78, 5) is 58.9. The molecule has 234 valence electrons. The molecule has 45 heavy (non-hydrogen) atoms. The monoisotopic (exact) mass is 610 g/mol. The minimum atomic E-state index is -0.268. The van der Waals surface area contributed by atoms with Crippen LogP contribution in [0.4, 0.5) is 11.4 Å². The lowest BCUT2D eigenvalue weighted by molar-refractivity contribution is -0.132. The minimum Gasteiger partial charge on any atom is -0.482 e. The number of nitrogens with zero attached hydrogens (tertiary/aromatic N) is 3. The number of carbonyl (C=O) groups is 4. The van der Waals surface area contributed by atoms with Crippen molar-refractivity contribution in [3.63, 3.8) is 0 Å². The number of amides is 4. The molecule has 1 aromatic heterocycles. The molecule has 11 nitrogen and oxygen atoms in total. The second-order valence-corrected chi connectivity index (χ2v) is 11.9. The SMILES string of the molecule is NCCCCCC(=O)N1CCc2cc(NC(=O)c3ccc(CN(C(=O)c4ccc5c(c4)OCC(=O)N5)C4CC4)nc3)ccc2C1. The second-order valence-electron chi connectivity index (χ2n) is 11.9. The van der Waals surface area contributed by atoms with Crippen LogP contribution in [0.15, 0.2) is 54.7 Å². The molecule has 4 amide bonds. The molecule has 1 aliphatic carbocycles. The first-order valence-electron chi connectivity index (χ1n) is 15.6. The van der Waals surface area contributed by atoms with Gasteiger partial charge >= 0.3 is 0 Å². The maximum absolute atomic E-state index is 13.4. The largest absolute Gasteiger partial charge is 0.482 e. The van der Waals surface area contributed by atoms with Crippen LogP contribution in [-0.2, 0) is 29.1 Å². The lowest BCUT2D eigenvalue weighted by Gasteiger charge is -2.29. The normalized spacial score (nSPS) is 15.3. The van der Waals surface area contributed by atoms with Crippen molar-refractivity contribution in [2.45, 2.75) is 64.1 Å². The zero-order valence-electron chi connectivity index (χ0n) is 25.2. The number of anilines is 2. The van der Waals surface area contributed by atoms with Gasteiger partial charge in [0, 0.05) is 43.0 Å². The molecule has 3 aliphatic rings. The van der Waals surface area contributed by atoms with Crippen molar-refractivity contribution in [2.75, 3.05) is 30.3 Å². The van der Waals surface area contributed by atoms with E-state index in [4.69, 9.17) is 10.5 Å². The molecule has 1 saturated carbocycles. The van der Waals surface area contributed by atoms with E-state index in [1.165, 1.54) is 6.20 Å². The highest BCUT2D eigenvalue weighted by molar-refractivity contribution is 6.04. The van der Waals surface area contributed by atoms with Crippen LogP contribution in [-0.4, -0.2) is 64.2 Å². The molecule has 0 radical (unpaired) electrons. The van der Waals surface area contributed by atoms with Gasteiger partial charge in [-0.15, -0.1) is 0 Å². The molecule has 0 atom stereocenters. The highest BCUT2D eigenvalue weighted by Gasteiger charge is 2.34. The van der Waals surface area contributed by atoms with Gasteiger partial charge in [-0.3, -0.25) is 24.2 Å². The summed E-state index contributed by atoms with van der Waals surface area (Å²) in [5.41, 5.74) is 10.6. The Labute approximate surface area is 262 Å². The molecule has 4 N–H and O–H groups in total. The third-order valence-corrected chi connectivity index (χ3v) is 8.45. The van der Waals surface area contributed by atoms with Gasteiger partial charge in [-0.05, 0) is 92.2 Å². The number of rotatable bonds is 11. The molecular weight excluding hydrogens is 572 g/mol. The fraction of sp³-hybridized carbons (Fsp3) is 0.382. The van der Waals surface area contributed by atoms with Gasteiger partial charge in [0.1, 0.15) is 5.75 Å². The van der Waals surface area contributed by atoms with Gasteiger partial charge in [-0.1, -0.05) is 12.5 Å². The highest BCUT2D eigenvalue weighted by atomic mass is 16.5. The van der Waals surface area contributed by atoms with Gasteiger partial charge in [0.2, 0.25) is 5.91 Å². The summed E-state index contributed by atoms with van der Waals surface area (Å²) in [6.07, 6.45) is 7.47. The first-order valence-corrected chi connectivity index (χ1v) is 15.6. The predicted octanol–water partition coefficient (Wildman–Crippen LogP) is 3.87. The Morgan fingerprint density at radius 3 is 2.64 bits per heavy atom. The number of nitrogens with one attached hydrogen (secondary N) is 2. The lowest BCUT2D eigenvalue weighted by Crippen LogP contribution is -2.35. The first kappa shape index (κ1) is 30.3. The number of unbranched alkanes of at least 4 members (excludes halogenated alkanes) is 2. The van der Waals surface area contributed by atoms with Gasteiger partial charge in [-0.2, -0.15) is 0 Å². The van der Waals surface area contributed by atoms with E-state index in [1.54, 1.807) is 35.2 Å². The topological polar surface area (TPSA) is 147 Å². The number of aromatic nitrogens is 1. The van der Waals surface area contributed by atoms with Crippen LogP contribution < -0.4 is 21.1 Å². The Kier molecular flexibility index (Phi) is 9.06. The molecular formula is C34H38N6O5. The molecule has 0 spiro atoms. The molecule has 0 saturated heterocycles. The van der Waals surface area contributed by atoms with Crippen LogP contribution in [0.1, 0.15) is 76.1 Å². The number of fused-ring (bicyclic) bond motifs is 2. The van der Waals surface area contributed by atoms with E-state index in [0.29, 0.717) is 66.5 Å². The second kappa shape index (κ2) is 13.5. The van der Waals surface area contributed by atoms with Crippen molar-refractivity contribution < 1.29 is 23.9 Å². The van der Waals surface area contributed by atoms with E-state index in [1.807, 2.05) is 23.1 Å². The van der Waals surface area contributed by atoms with Crippen LogP contribution >= 0.6 is 0 Å². The Morgan fingerprint density at radius 1 is 1.02 bits per heavy atom. The molecule has 3 heterocycles. The van der Waals surface area contributed by atoms with Crippen LogP contribution in [0.3, 0.4) is 0 Å². The van der Waals surface area contributed by atoms with Crippen molar-refractivity contribution in [3.8, 4) is 5.75 Å². The molecule has 3 aromatic rings. The maximum Gasteiger partial charge on any atom is 0.262 e. The van der Waals surface area contributed by atoms with Crippen LogP contribution in [0.25, 0.3) is 0 Å². The zero-order chi connectivity index (χ0) is 31.3. The van der Waals surface area contributed by atoms with Gasteiger partial charge in [0.25, 0.3) is 17.7 Å². The van der Waals surface area contributed by atoms with Gasteiger partial charge in [0.15, 0.2) is 6.61 Å². The van der Waals surface area contributed by atoms with E-state index in [9.17, 15) is 19.2 Å². The van der Waals surface area contributed by atoms with Gasteiger partial charge in [0.05, 0.1) is 23.5 Å². The van der Waals surface area contributed by atoms with E-state index in [-0.39, 0.29) is 36.3 Å². The molecule has 0 unspecified atom stereocenters. The Hall–Kier alpha value is -4.77. The third-order valence-electron chi connectivity index (χ3n) is 8.45. The lowest BCUT2D eigenvalue weighted by atomic mass is 9.98. The third kappa shape index (κ3) is 7.31. The Morgan fingerprint density at radius 2 is 1.87 bits per heavy atom. The van der Waals surface area contributed by atoms with E-state index in [0.717, 1.165) is 49.7 Å². The van der Waals surface area contributed by atoms with Crippen LogP contribution in [0, 0.1) is 0 Å². The smallest absolute Gasteiger partial charge is 0.262 e. The first-order chi connectivity index (χ1) is 21.9. The number of carbonyl (C=O) groups excluding carboxylic acids is 4. The average Bonchev–Trinajstić information content (AvgIpc) is 3.90. The number of pyridine rings is 1. The van der Waals surface area contributed by atoms with Crippen molar-refractivity contribution >= 4 is 35.0 Å². The van der Waals surface area contributed by atoms with E-state index >= 15 is 0 Å². The summed E-state index contributed by atoms with van der Waals surface area (Å²) in [6, 6.07) is 14.5. The van der Waals surface area contributed by atoms with Crippen LogP contribution in [0.5, 0.6) is 5.75 Å². The molecule has 1 fully saturated rings. The van der Waals surface area contributed by atoms with Crippen molar-refractivity contribution in [1.82, 2.24) is 14.8 Å². The molecule has 0 bridgehead atoms. The molecule has 2 aliphatic heterocycles. The minimum absolute atomic E-state index is 0.0786. The summed E-state index contributed by atoms with van der Waals surface area (Å²) >= 11 is 0. The molecule has 2 aromatic carbocycles. The van der Waals surface area contributed by atoms with Crippen LogP contribution in [0.2, 0.25) is 0 Å². The Balaban J connectivity index is 1.04. The van der Waals surface area contributed by atoms with E-state index < -0.39 is 0 Å². The van der Waals surface area contributed by atoms with Crippen molar-refractivity contribution in [2.24, 2.45) is 5.73 Å². The molecule has 6 rings (SSSR count). The van der Waals surface area contributed by atoms with Crippen molar-refractivity contribution in [1.29, 1.82) is 0 Å². The van der Waals surface area contributed by atoms with Gasteiger partial charge < -0.3 is 30.9 Å². The quantitative estimate of drug-likeness (QED) is 0.279. The summed E-state index contributed by atoms with van der Waals surface area (Å²) in [5.74, 6) is 0.0332. The fourth-order valence-electron chi connectivity index (χ4n) is 5.76. The van der Waals surface area contributed by atoms with Crippen molar-refractivity contribution in [3.05, 3.63) is 82.7 Å². The standard InChI is InChI=1S/C34H38N6O5/c35-14-3-1-2-4-32(42)39-15-13-22-16-26(8-6-25(22)19-39)37-33(43)24-5-9-27(36-18-24)20-40(28-10-11-28)34(44)23-7-12-29-30(17-23)45-21-31(41)38-29/h5-9,12,16-18,28H,1-4,10-11,13-15,19-21,35H2,(H,37,43)(H,38,41). The average molecular weight is 611 g/mol. The summed E-state index contributed by atoms with van der Waals surface area (Å²) in [7, 11) is 0. The molecule has 11 heteroatoms. The highest BCUT2D eigenvalue weighted by Crippen LogP contribution is 2.33. The Bertz CT molecular complexity index is 1600. The maximum atomic E-state index is 13.4. The number of hydrogen-bond donors (Lipinski definition) is 3. The zero-order valence-corrected chi connectivity index (χ0v) is 25.2. The number of benzene rings is 2. The number of ether oxygens (including phenoxy) is 1. The summed E-state index contributed by atoms with van der Waals surface area (Å²) < 4.78 is 5.49. The van der Waals surface area contributed by atoms with Gasteiger partial charge in [-0.25, -0.2) is 0 Å². The predicted molar refractivity (Wildman–Crippen MR) is 169 cm³/mol.